The molecule has 0 N–H and O–H groups in total. The molecule has 3 aromatic rings. The third-order valence-corrected chi connectivity index (χ3v) is 6.74. The highest BCUT2D eigenvalue weighted by atomic mass is 35.5. The molecule has 1 aliphatic heterocycles. The summed E-state index contributed by atoms with van der Waals surface area (Å²) in [5.41, 5.74) is 5.88. The van der Waals surface area contributed by atoms with Gasteiger partial charge in [-0.1, -0.05) is 35.9 Å². The van der Waals surface area contributed by atoms with Gasteiger partial charge in [0.2, 0.25) is 0 Å². The van der Waals surface area contributed by atoms with Gasteiger partial charge in [0, 0.05) is 37.5 Å². The fourth-order valence-corrected chi connectivity index (χ4v) is 4.87. The molecule has 0 aliphatic carbocycles. The molecular weight excluding hydrogens is 444 g/mol. The Morgan fingerprint density at radius 1 is 0.971 bits per heavy atom. The van der Waals surface area contributed by atoms with Crippen molar-refractivity contribution in [2.45, 2.75) is 19.0 Å². The molecule has 6 heteroatoms. The average molecular weight is 471 g/mol. The van der Waals surface area contributed by atoms with Gasteiger partial charge in [0.25, 0.3) is 0 Å². The molecule has 172 valence electrons. The van der Waals surface area contributed by atoms with Crippen LogP contribution in [0.4, 0.5) is 5.69 Å². The lowest BCUT2D eigenvalue weighted by molar-refractivity contribution is 0.0758. The third kappa shape index (κ3) is 5.08. The zero-order valence-electron chi connectivity index (χ0n) is 19.4. The number of benzene rings is 3. The van der Waals surface area contributed by atoms with Crippen molar-refractivity contribution in [2.75, 3.05) is 38.3 Å². The molecular formula is C28H27ClN4O. The van der Waals surface area contributed by atoms with E-state index in [2.05, 4.69) is 47.1 Å². The highest BCUT2D eigenvalue weighted by molar-refractivity contribution is 6.30. The topological polar surface area (TPSA) is 63.3 Å². The molecule has 0 spiro atoms. The van der Waals surface area contributed by atoms with E-state index >= 15 is 0 Å². The molecule has 3 aromatic carbocycles. The zero-order valence-corrected chi connectivity index (χ0v) is 20.2. The summed E-state index contributed by atoms with van der Waals surface area (Å²) in [5, 5.41) is 19.2. The zero-order chi connectivity index (χ0) is 24.1. The van der Waals surface area contributed by atoms with Gasteiger partial charge in [0.15, 0.2) is 0 Å². The third-order valence-electron chi connectivity index (χ3n) is 6.49. The van der Waals surface area contributed by atoms with Crippen molar-refractivity contribution in [3.05, 3.63) is 99.6 Å². The van der Waals surface area contributed by atoms with Crippen LogP contribution >= 0.6 is 11.6 Å². The van der Waals surface area contributed by atoms with E-state index in [0.29, 0.717) is 22.8 Å². The van der Waals surface area contributed by atoms with Crippen molar-refractivity contribution in [3.63, 3.8) is 0 Å². The fourth-order valence-electron chi connectivity index (χ4n) is 4.74. The van der Waals surface area contributed by atoms with Crippen molar-refractivity contribution in [1.82, 2.24) is 4.90 Å². The number of piperazine rings is 1. The SMILES string of the molecule is COC[C@@H](c1ccc(C#N)cc1)N1CCN(c2ccc(C#N)cc2C)[C@H](c2ccc(Cl)cc2)C1. The Morgan fingerprint density at radius 2 is 1.65 bits per heavy atom. The number of hydrogen-bond acceptors (Lipinski definition) is 5. The summed E-state index contributed by atoms with van der Waals surface area (Å²) in [5.74, 6) is 0. The predicted molar refractivity (Wildman–Crippen MR) is 135 cm³/mol. The van der Waals surface area contributed by atoms with E-state index in [4.69, 9.17) is 16.3 Å². The predicted octanol–water partition coefficient (Wildman–Crippen LogP) is 5.64. The molecule has 2 atom stereocenters. The Labute approximate surface area is 206 Å². The summed E-state index contributed by atoms with van der Waals surface area (Å²) in [7, 11) is 1.73. The lowest BCUT2D eigenvalue weighted by Gasteiger charge is -2.46. The van der Waals surface area contributed by atoms with Crippen molar-refractivity contribution in [1.29, 1.82) is 10.5 Å². The monoisotopic (exact) mass is 470 g/mol. The molecule has 1 heterocycles. The number of methoxy groups -OCH3 is 1. The van der Waals surface area contributed by atoms with Gasteiger partial charge in [-0.15, -0.1) is 0 Å². The van der Waals surface area contributed by atoms with Crippen LogP contribution < -0.4 is 4.90 Å². The summed E-state index contributed by atoms with van der Waals surface area (Å²) in [4.78, 5) is 4.89. The van der Waals surface area contributed by atoms with Crippen LogP contribution in [0.1, 0.15) is 39.9 Å². The molecule has 0 bridgehead atoms. The minimum absolute atomic E-state index is 0.0803. The first kappa shape index (κ1) is 23.8. The smallest absolute Gasteiger partial charge is 0.0991 e. The number of nitriles is 2. The van der Waals surface area contributed by atoms with Crippen LogP contribution in [0.25, 0.3) is 0 Å². The second-order valence-electron chi connectivity index (χ2n) is 8.57. The van der Waals surface area contributed by atoms with Crippen LogP contribution in [0.15, 0.2) is 66.7 Å². The lowest BCUT2D eigenvalue weighted by atomic mass is 9.96. The summed E-state index contributed by atoms with van der Waals surface area (Å²) in [6, 6.07) is 26.3. The molecule has 34 heavy (non-hydrogen) atoms. The van der Waals surface area contributed by atoms with E-state index in [1.807, 2.05) is 48.5 Å². The largest absolute Gasteiger partial charge is 0.383 e. The highest BCUT2D eigenvalue weighted by Gasteiger charge is 2.33. The Balaban J connectivity index is 1.69. The van der Waals surface area contributed by atoms with E-state index in [-0.39, 0.29) is 12.1 Å². The molecule has 1 aliphatic rings. The molecule has 1 saturated heterocycles. The maximum absolute atomic E-state index is 9.29. The Bertz CT molecular complexity index is 1210. The quantitative estimate of drug-likeness (QED) is 0.466. The Morgan fingerprint density at radius 3 is 2.26 bits per heavy atom. The Hall–Kier alpha value is -3.35. The van der Waals surface area contributed by atoms with Crippen LogP contribution in [0.3, 0.4) is 0 Å². The van der Waals surface area contributed by atoms with Gasteiger partial charge < -0.3 is 9.64 Å². The van der Waals surface area contributed by atoms with Gasteiger partial charge in [0.05, 0.1) is 42.0 Å². The van der Waals surface area contributed by atoms with Gasteiger partial charge in [-0.05, 0) is 66.1 Å². The van der Waals surface area contributed by atoms with Crippen molar-refractivity contribution in [2.24, 2.45) is 0 Å². The van der Waals surface area contributed by atoms with E-state index in [1.165, 1.54) is 5.56 Å². The first-order chi connectivity index (χ1) is 16.5. The van der Waals surface area contributed by atoms with E-state index in [0.717, 1.165) is 36.4 Å². The number of nitrogens with zero attached hydrogens (tertiary/aromatic N) is 4. The molecule has 0 radical (unpaired) electrons. The minimum atomic E-state index is 0.0803. The number of halogens is 1. The van der Waals surface area contributed by atoms with Gasteiger partial charge in [-0.25, -0.2) is 0 Å². The second kappa shape index (κ2) is 10.7. The van der Waals surface area contributed by atoms with Crippen LogP contribution in [0, 0.1) is 29.6 Å². The number of anilines is 1. The lowest BCUT2D eigenvalue weighted by Crippen LogP contribution is -2.50. The second-order valence-corrected chi connectivity index (χ2v) is 9.01. The normalized spacial score (nSPS) is 17.1. The number of ether oxygens (including phenoxy) is 1. The highest BCUT2D eigenvalue weighted by Crippen LogP contribution is 2.36. The Kier molecular flexibility index (Phi) is 7.50. The summed E-state index contributed by atoms with van der Waals surface area (Å²) in [6.45, 7) is 5.12. The van der Waals surface area contributed by atoms with Crippen molar-refractivity contribution in [3.8, 4) is 12.1 Å². The number of rotatable bonds is 6. The van der Waals surface area contributed by atoms with Crippen molar-refractivity contribution < 1.29 is 4.74 Å². The maximum atomic E-state index is 9.29. The maximum Gasteiger partial charge on any atom is 0.0991 e. The summed E-state index contributed by atoms with van der Waals surface area (Å²) >= 11 is 6.19. The van der Waals surface area contributed by atoms with Crippen LogP contribution in [-0.2, 0) is 4.74 Å². The van der Waals surface area contributed by atoms with Gasteiger partial charge in [-0.3, -0.25) is 4.90 Å². The van der Waals surface area contributed by atoms with Gasteiger partial charge in [0.1, 0.15) is 0 Å². The molecule has 0 unspecified atom stereocenters. The van der Waals surface area contributed by atoms with Crippen LogP contribution in [-0.4, -0.2) is 38.3 Å². The summed E-state index contributed by atoms with van der Waals surface area (Å²) in [6.07, 6.45) is 0. The molecule has 0 saturated carbocycles. The van der Waals surface area contributed by atoms with Crippen molar-refractivity contribution >= 4 is 17.3 Å². The first-order valence-electron chi connectivity index (χ1n) is 11.3. The number of aryl methyl sites for hydroxylation is 1. The summed E-state index contributed by atoms with van der Waals surface area (Å²) < 4.78 is 5.61. The molecule has 0 amide bonds. The fraction of sp³-hybridized carbons (Fsp3) is 0.286. The minimum Gasteiger partial charge on any atom is -0.383 e. The standard InChI is InChI=1S/C28H27ClN4O/c1-20-15-22(17-31)5-12-26(20)33-14-13-32(18-27(33)23-8-10-25(29)11-9-23)28(19-34-2)24-6-3-21(16-30)4-7-24/h3-12,15,27-28H,13-14,18-19H2,1-2H3/t27-,28-/m0/s1. The molecule has 1 fully saturated rings. The van der Waals surface area contributed by atoms with E-state index in [1.54, 1.807) is 7.11 Å². The number of hydrogen-bond donors (Lipinski definition) is 0. The molecule has 4 rings (SSSR count). The molecule has 5 nitrogen and oxygen atoms in total. The van der Waals surface area contributed by atoms with E-state index < -0.39 is 0 Å². The van der Waals surface area contributed by atoms with Gasteiger partial charge in [-0.2, -0.15) is 10.5 Å². The van der Waals surface area contributed by atoms with Crippen LogP contribution in [0.5, 0.6) is 0 Å². The van der Waals surface area contributed by atoms with Crippen LogP contribution in [0.2, 0.25) is 5.02 Å². The molecule has 0 aromatic heterocycles. The average Bonchev–Trinajstić information content (AvgIpc) is 2.87. The first-order valence-corrected chi connectivity index (χ1v) is 11.7. The van der Waals surface area contributed by atoms with E-state index in [9.17, 15) is 10.5 Å². The van der Waals surface area contributed by atoms with Gasteiger partial charge >= 0.3 is 0 Å².